The topological polar surface area (TPSA) is 54.4 Å². The SMILES string of the molecule is C=CC(c1ccccc1C(C)(C)C)([Si](CC(C)C)CC(C)C)S(=O)(=O)O. The second-order valence-corrected chi connectivity index (χ2v) is 13.8. The molecule has 0 aromatic heterocycles. The Hall–Kier alpha value is -0.913. The summed E-state index contributed by atoms with van der Waals surface area (Å²) in [6.45, 7) is 18.6. The molecule has 5 heteroatoms. The van der Waals surface area contributed by atoms with Gasteiger partial charge in [-0.2, -0.15) is 8.42 Å². The molecule has 0 bridgehead atoms. The van der Waals surface area contributed by atoms with Gasteiger partial charge in [-0.3, -0.25) is 4.55 Å². The summed E-state index contributed by atoms with van der Waals surface area (Å²) in [5, 5.41) is 0. The molecule has 1 aromatic carbocycles. The van der Waals surface area contributed by atoms with Crippen LogP contribution in [0.5, 0.6) is 0 Å². The molecular formula is C21H35O3SSi. The molecule has 0 aliphatic heterocycles. The van der Waals surface area contributed by atoms with E-state index in [1.807, 2.05) is 24.3 Å². The van der Waals surface area contributed by atoms with Gasteiger partial charge < -0.3 is 0 Å². The van der Waals surface area contributed by atoms with Gasteiger partial charge in [-0.25, -0.2) is 0 Å². The zero-order valence-electron chi connectivity index (χ0n) is 17.3. The third kappa shape index (κ3) is 4.87. The van der Waals surface area contributed by atoms with Crippen molar-refractivity contribution in [2.75, 3.05) is 0 Å². The third-order valence-corrected chi connectivity index (χ3v) is 11.6. The van der Waals surface area contributed by atoms with Gasteiger partial charge in [0, 0.05) is 0 Å². The third-order valence-electron chi connectivity index (χ3n) is 4.66. The number of benzene rings is 1. The van der Waals surface area contributed by atoms with Gasteiger partial charge in [0.2, 0.25) is 0 Å². The first-order valence-electron chi connectivity index (χ1n) is 9.33. The van der Waals surface area contributed by atoms with Gasteiger partial charge in [-0.05, 0) is 28.4 Å². The summed E-state index contributed by atoms with van der Waals surface area (Å²) in [6, 6.07) is 9.22. The number of hydrogen-bond acceptors (Lipinski definition) is 2. The summed E-state index contributed by atoms with van der Waals surface area (Å²) < 4.78 is 34.8. The second kappa shape index (κ2) is 8.40. The van der Waals surface area contributed by atoms with Gasteiger partial charge >= 0.3 is 0 Å². The van der Waals surface area contributed by atoms with Crippen molar-refractivity contribution in [3.8, 4) is 0 Å². The molecule has 1 unspecified atom stereocenters. The monoisotopic (exact) mass is 395 g/mol. The van der Waals surface area contributed by atoms with Crippen LogP contribution in [0.2, 0.25) is 12.1 Å². The molecule has 0 spiro atoms. The summed E-state index contributed by atoms with van der Waals surface area (Å²) in [7, 11) is -5.92. The van der Waals surface area contributed by atoms with Gasteiger partial charge in [0.05, 0.1) is 8.80 Å². The minimum Gasteiger partial charge on any atom is -0.285 e. The highest BCUT2D eigenvalue weighted by Crippen LogP contribution is 2.43. The van der Waals surface area contributed by atoms with E-state index in [1.54, 1.807) is 0 Å². The number of rotatable bonds is 8. The van der Waals surface area contributed by atoms with E-state index in [0.29, 0.717) is 17.4 Å². The lowest BCUT2D eigenvalue weighted by Gasteiger charge is -2.40. The molecule has 1 rings (SSSR count). The van der Waals surface area contributed by atoms with Gasteiger partial charge in [0.1, 0.15) is 4.37 Å². The van der Waals surface area contributed by atoms with E-state index in [9.17, 15) is 13.0 Å². The summed E-state index contributed by atoms with van der Waals surface area (Å²) in [6.07, 6.45) is 1.51. The molecule has 1 aromatic rings. The van der Waals surface area contributed by atoms with Crippen molar-refractivity contribution >= 4 is 18.9 Å². The number of hydrogen-bond donors (Lipinski definition) is 1. The molecule has 0 fully saturated rings. The fraction of sp³-hybridized carbons (Fsp3) is 0.619. The summed E-state index contributed by atoms with van der Waals surface area (Å²) in [5.74, 6) is 0.705. The molecule has 0 heterocycles. The van der Waals surface area contributed by atoms with Gasteiger partial charge in [-0.15, -0.1) is 6.58 Å². The molecule has 0 saturated carbocycles. The Morgan fingerprint density at radius 1 is 1.04 bits per heavy atom. The summed E-state index contributed by atoms with van der Waals surface area (Å²) in [5.41, 5.74) is 1.41. The maximum absolute atomic E-state index is 12.9. The first-order chi connectivity index (χ1) is 11.8. The van der Waals surface area contributed by atoms with Crippen LogP contribution < -0.4 is 0 Å². The normalized spacial score (nSPS) is 15.5. The van der Waals surface area contributed by atoms with Gasteiger partial charge in [0.25, 0.3) is 10.1 Å². The molecule has 0 amide bonds. The minimum absolute atomic E-state index is 0.238. The highest BCUT2D eigenvalue weighted by molar-refractivity contribution is 7.88. The summed E-state index contributed by atoms with van der Waals surface area (Å²) >= 11 is 0. The lowest BCUT2D eigenvalue weighted by atomic mass is 9.82. The Labute approximate surface area is 162 Å². The van der Waals surface area contributed by atoms with Crippen molar-refractivity contribution in [1.29, 1.82) is 0 Å². The van der Waals surface area contributed by atoms with E-state index in [4.69, 9.17) is 0 Å². The molecule has 0 aliphatic carbocycles. The van der Waals surface area contributed by atoms with Crippen LogP contribution in [0.1, 0.15) is 59.6 Å². The maximum Gasteiger partial charge on any atom is 0.275 e. The van der Waals surface area contributed by atoms with E-state index in [0.717, 1.165) is 17.7 Å². The van der Waals surface area contributed by atoms with Crippen molar-refractivity contribution < 1.29 is 13.0 Å². The van der Waals surface area contributed by atoms with Crippen LogP contribution in [-0.4, -0.2) is 21.8 Å². The lowest BCUT2D eigenvalue weighted by molar-refractivity contribution is 0.465. The van der Waals surface area contributed by atoms with E-state index < -0.39 is 23.3 Å². The maximum atomic E-state index is 12.9. The molecular weight excluding hydrogens is 360 g/mol. The molecule has 1 N–H and O–H groups in total. The first kappa shape index (κ1) is 23.1. The predicted octanol–water partition coefficient (Wildman–Crippen LogP) is 5.60. The molecule has 1 atom stereocenters. The van der Waals surface area contributed by atoms with E-state index in [2.05, 4.69) is 55.0 Å². The van der Waals surface area contributed by atoms with Crippen LogP contribution >= 0.6 is 0 Å². The zero-order chi connectivity index (χ0) is 20.3. The van der Waals surface area contributed by atoms with Crippen LogP contribution in [0.4, 0.5) is 0 Å². The van der Waals surface area contributed by atoms with Crippen molar-refractivity contribution in [2.24, 2.45) is 11.8 Å². The molecule has 147 valence electrons. The molecule has 1 radical (unpaired) electrons. The van der Waals surface area contributed by atoms with Crippen LogP contribution in [0.3, 0.4) is 0 Å². The van der Waals surface area contributed by atoms with E-state index >= 15 is 0 Å². The molecule has 3 nitrogen and oxygen atoms in total. The Balaban J connectivity index is 3.88. The Morgan fingerprint density at radius 3 is 1.77 bits per heavy atom. The highest BCUT2D eigenvalue weighted by Gasteiger charge is 2.51. The second-order valence-electron chi connectivity index (χ2n) is 9.01. The van der Waals surface area contributed by atoms with Crippen LogP contribution in [0.15, 0.2) is 36.9 Å². The molecule has 0 aliphatic rings. The van der Waals surface area contributed by atoms with Crippen LogP contribution in [0, 0.1) is 11.8 Å². The average molecular weight is 396 g/mol. The van der Waals surface area contributed by atoms with Gasteiger partial charge in [-0.1, -0.05) is 90.9 Å². The molecule has 0 saturated heterocycles. The van der Waals surface area contributed by atoms with Crippen molar-refractivity contribution in [3.63, 3.8) is 0 Å². The van der Waals surface area contributed by atoms with Crippen LogP contribution in [0.25, 0.3) is 0 Å². The fourth-order valence-corrected chi connectivity index (χ4v) is 9.96. The largest absolute Gasteiger partial charge is 0.285 e. The highest BCUT2D eigenvalue weighted by atomic mass is 32.2. The Kier molecular flexibility index (Phi) is 7.47. The van der Waals surface area contributed by atoms with Crippen LogP contribution in [-0.2, 0) is 19.9 Å². The van der Waals surface area contributed by atoms with Crippen molar-refractivity contribution in [3.05, 3.63) is 48.0 Å². The fourth-order valence-electron chi connectivity index (χ4n) is 3.70. The van der Waals surface area contributed by atoms with E-state index in [1.165, 1.54) is 6.08 Å². The quantitative estimate of drug-likeness (QED) is 0.354. The average Bonchev–Trinajstić information content (AvgIpc) is 2.45. The standard InChI is InChI=1S/C21H35O3SSi/c1-9-21(25(22,23)24,26(14-16(2)3)15-17(4)5)19-13-11-10-12-18(19)20(6,7)8/h9-13,16-17H,1,14-15H2,2-8H3,(H,22,23,24). The lowest BCUT2D eigenvalue weighted by Crippen LogP contribution is -2.50. The minimum atomic E-state index is -4.38. The van der Waals surface area contributed by atoms with Gasteiger partial charge in [0.15, 0.2) is 0 Å². The Morgan fingerprint density at radius 2 is 1.46 bits per heavy atom. The first-order valence-corrected chi connectivity index (χ1v) is 12.7. The summed E-state index contributed by atoms with van der Waals surface area (Å²) in [4.78, 5) is 0. The zero-order valence-corrected chi connectivity index (χ0v) is 19.2. The van der Waals surface area contributed by atoms with Crippen molar-refractivity contribution in [1.82, 2.24) is 0 Å². The Bertz CT molecular complexity index is 707. The van der Waals surface area contributed by atoms with E-state index in [-0.39, 0.29) is 5.41 Å². The predicted molar refractivity (Wildman–Crippen MR) is 114 cm³/mol. The smallest absolute Gasteiger partial charge is 0.275 e. The molecule has 26 heavy (non-hydrogen) atoms. The van der Waals surface area contributed by atoms with Crippen molar-refractivity contribution in [2.45, 2.75) is 70.3 Å².